The second kappa shape index (κ2) is 5.83. The van der Waals surface area contributed by atoms with Crippen LogP contribution < -0.4 is 5.73 Å². The molecule has 0 saturated carbocycles. The minimum absolute atomic E-state index is 0.193. The van der Waals surface area contributed by atoms with Crippen LogP contribution in [0.15, 0.2) is 11.3 Å². The second-order valence-corrected chi connectivity index (χ2v) is 4.30. The van der Waals surface area contributed by atoms with Crippen LogP contribution in [0.3, 0.4) is 0 Å². The Morgan fingerprint density at radius 2 is 1.94 bits per heavy atom. The zero-order valence-corrected chi connectivity index (χ0v) is 10.7. The van der Waals surface area contributed by atoms with Gasteiger partial charge in [-0.3, -0.25) is 0 Å². The molecule has 1 rings (SSSR count). The van der Waals surface area contributed by atoms with Gasteiger partial charge in [-0.15, -0.1) is 0 Å². The molecule has 0 aromatic heterocycles. The van der Waals surface area contributed by atoms with Gasteiger partial charge in [-0.05, 0) is 13.5 Å². The minimum atomic E-state index is 0.193. The molecule has 0 spiro atoms. The Kier molecular flexibility index (Phi) is 4.71. The van der Waals surface area contributed by atoms with E-state index in [0.29, 0.717) is 5.57 Å². The Hall–Kier alpha value is -1.12. The summed E-state index contributed by atoms with van der Waals surface area (Å²) in [5.41, 5.74) is 6.87. The quantitative estimate of drug-likeness (QED) is 0.446. The molecule has 0 amide bonds. The van der Waals surface area contributed by atoms with Crippen molar-refractivity contribution in [2.75, 3.05) is 32.7 Å². The van der Waals surface area contributed by atoms with Gasteiger partial charge >= 0.3 is 0 Å². The van der Waals surface area contributed by atoms with E-state index in [1.54, 1.807) is 0 Å². The highest BCUT2D eigenvalue weighted by Crippen LogP contribution is 2.13. The van der Waals surface area contributed by atoms with E-state index < -0.39 is 0 Å². The standard InChI is InChI=1S/C11H18N4S/c1-3-14-4-6-15(7-5-14)9(2)10(8-12)11(13)16/h3-7H2,1-2H3,(H2,13,16)/b10-9+. The lowest BCUT2D eigenvalue weighted by molar-refractivity contribution is 0.165. The van der Waals surface area contributed by atoms with Crippen LogP contribution in [0.1, 0.15) is 13.8 Å². The third-order valence-corrected chi connectivity index (χ3v) is 3.22. The summed E-state index contributed by atoms with van der Waals surface area (Å²) in [6.07, 6.45) is 0. The average molecular weight is 238 g/mol. The zero-order valence-electron chi connectivity index (χ0n) is 9.86. The summed E-state index contributed by atoms with van der Waals surface area (Å²) >= 11 is 4.87. The summed E-state index contributed by atoms with van der Waals surface area (Å²) in [5, 5.41) is 8.98. The number of piperazine rings is 1. The van der Waals surface area contributed by atoms with Crippen LogP contribution in [0.2, 0.25) is 0 Å². The normalized spacial score (nSPS) is 18.9. The molecule has 1 heterocycles. The summed E-state index contributed by atoms with van der Waals surface area (Å²) in [6, 6.07) is 2.08. The third kappa shape index (κ3) is 2.94. The first-order valence-electron chi connectivity index (χ1n) is 5.48. The van der Waals surface area contributed by atoms with Crippen molar-refractivity contribution >= 4 is 17.2 Å². The topological polar surface area (TPSA) is 56.3 Å². The van der Waals surface area contributed by atoms with Crippen molar-refractivity contribution in [1.82, 2.24) is 9.80 Å². The fourth-order valence-corrected chi connectivity index (χ4v) is 2.07. The molecule has 0 atom stereocenters. The van der Waals surface area contributed by atoms with Crippen molar-refractivity contribution in [3.05, 3.63) is 11.3 Å². The number of likely N-dealkylation sites (N-methyl/N-ethyl adjacent to an activating group) is 1. The predicted molar refractivity (Wildman–Crippen MR) is 68.8 cm³/mol. The van der Waals surface area contributed by atoms with Crippen molar-refractivity contribution in [3.8, 4) is 6.07 Å². The van der Waals surface area contributed by atoms with Gasteiger partial charge in [0.1, 0.15) is 16.6 Å². The summed E-state index contributed by atoms with van der Waals surface area (Å²) in [7, 11) is 0. The fourth-order valence-electron chi connectivity index (χ4n) is 1.87. The van der Waals surface area contributed by atoms with Crippen LogP contribution >= 0.6 is 12.2 Å². The third-order valence-electron chi connectivity index (χ3n) is 3.01. The molecule has 1 aliphatic rings. The van der Waals surface area contributed by atoms with E-state index in [0.717, 1.165) is 38.4 Å². The lowest BCUT2D eigenvalue weighted by Gasteiger charge is -2.36. The van der Waals surface area contributed by atoms with Gasteiger partial charge < -0.3 is 15.5 Å². The number of nitriles is 1. The molecule has 5 heteroatoms. The maximum Gasteiger partial charge on any atom is 0.116 e. The first-order chi connectivity index (χ1) is 7.60. The highest BCUT2D eigenvalue weighted by atomic mass is 32.1. The second-order valence-electron chi connectivity index (χ2n) is 3.86. The smallest absolute Gasteiger partial charge is 0.116 e. The minimum Gasteiger partial charge on any atom is -0.389 e. The molecule has 0 unspecified atom stereocenters. The number of thiocarbonyl (C=S) groups is 1. The number of nitrogens with zero attached hydrogens (tertiary/aromatic N) is 3. The Labute approximate surface area is 102 Å². The van der Waals surface area contributed by atoms with E-state index in [9.17, 15) is 0 Å². The molecule has 1 aliphatic heterocycles. The lowest BCUT2D eigenvalue weighted by atomic mass is 10.2. The number of hydrogen-bond acceptors (Lipinski definition) is 4. The number of rotatable bonds is 3. The first-order valence-corrected chi connectivity index (χ1v) is 5.89. The molecule has 1 saturated heterocycles. The summed E-state index contributed by atoms with van der Waals surface area (Å²) in [5.74, 6) is 0. The summed E-state index contributed by atoms with van der Waals surface area (Å²) in [6.45, 7) is 9.10. The highest BCUT2D eigenvalue weighted by molar-refractivity contribution is 7.80. The maximum atomic E-state index is 8.98. The van der Waals surface area contributed by atoms with Gasteiger partial charge in [0.05, 0.1) is 0 Å². The van der Waals surface area contributed by atoms with Crippen molar-refractivity contribution < 1.29 is 0 Å². The molecular weight excluding hydrogens is 220 g/mol. The number of hydrogen-bond donors (Lipinski definition) is 1. The Bertz CT molecular complexity index is 334. The number of allylic oxidation sites excluding steroid dienone is 1. The van der Waals surface area contributed by atoms with Crippen LogP contribution in [-0.4, -0.2) is 47.5 Å². The van der Waals surface area contributed by atoms with E-state index in [2.05, 4.69) is 22.8 Å². The van der Waals surface area contributed by atoms with Gasteiger partial charge in [-0.25, -0.2) is 0 Å². The molecule has 4 nitrogen and oxygen atoms in total. The fraction of sp³-hybridized carbons (Fsp3) is 0.636. The van der Waals surface area contributed by atoms with E-state index in [1.807, 2.05) is 6.92 Å². The summed E-state index contributed by atoms with van der Waals surface area (Å²) in [4.78, 5) is 4.76. The van der Waals surface area contributed by atoms with E-state index in [-0.39, 0.29) is 4.99 Å². The molecule has 0 bridgehead atoms. The van der Waals surface area contributed by atoms with E-state index >= 15 is 0 Å². The number of nitrogens with two attached hydrogens (primary N) is 1. The first kappa shape index (κ1) is 12.9. The van der Waals surface area contributed by atoms with Gasteiger partial charge in [-0.1, -0.05) is 19.1 Å². The monoisotopic (exact) mass is 238 g/mol. The van der Waals surface area contributed by atoms with Crippen molar-refractivity contribution in [2.45, 2.75) is 13.8 Å². The van der Waals surface area contributed by atoms with E-state index in [4.69, 9.17) is 23.2 Å². The van der Waals surface area contributed by atoms with Crippen molar-refractivity contribution in [1.29, 1.82) is 5.26 Å². The molecular formula is C11H18N4S. The van der Waals surface area contributed by atoms with Crippen LogP contribution in [0, 0.1) is 11.3 Å². The van der Waals surface area contributed by atoms with Gasteiger partial charge in [0, 0.05) is 31.9 Å². The highest BCUT2D eigenvalue weighted by Gasteiger charge is 2.18. The molecule has 1 fully saturated rings. The zero-order chi connectivity index (χ0) is 12.1. The Morgan fingerprint density at radius 1 is 1.38 bits per heavy atom. The maximum absolute atomic E-state index is 8.98. The molecule has 16 heavy (non-hydrogen) atoms. The molecule has 0 radical (unpaired) electrons. The largest absolute Gasteiger partial charge is 0.389 e. The van der Waals surface area contributed by atoms with Crippen molar-refractivity contribution in [2.24, 2.45) is 5.73 Å². The van der Waals surface area contributed by atoms with Crippen LogP contribution in [0.4, 0.5) is 0 Å². The van der Waals surface area contributed by atoms with Gasteiger partial charge in [0.15, 0.2) is 0 Å². The predicted octanol–water partition coefficient (Wildman–Crippen LogP) is 0.708. The SMILES string of the molecule is CCN1CCN(/C(C)=C(\C#N)C(N)=S)CC1. The molecule has 88 valence electrons. The Balaban J connectivity index is 2.73. The molecule has 0 aromatic carbocycles. The summed E-state index contributed by atoms with van der Waals surface area (Å²) < 4.78 is 0. The van der Waals surface area contributed by atoms with Crippen LogP contribution in [0.5, 0.6) is 0 Å². The average Bonchev–Trinajstić information content (AvgIpc) is 2.29. The molecule has 2 N–H and O–H groups in total. The lowest BCUT2D eigenvalue weighted by Crippen LogP contribution is -2.45. The van der Waals surface area contributed by atoms with E-state index in [1.165, 1.54) is 0 Å². The van der Waals surface area contributed by atoms with Gasteiger partial charge in [0.2, 0.25) is 0 Å². The van der Waals surface area contributed by atoms with Crippen LogP contribution in [-0.2, 0) is 0 Å². The Morgan fingerprint density at radius 3 is 2.31 bits per heavy atom. The van der Waals surface area contributed by atoms with Gasteiger partial charge in [-0.2, -0.15) is 5.26 Å². The van der Waals surface area contributed by atoms with Crippen molar-refractivity contribution in [3.63, 3.8) is 0 Å². The van der Waals surface area contributed by atoms with Gasteiger partial charge in [0.25, 0.3) is 0 Å². The van der Waals surface area contributed by atoms with Crippen LogP contribution in [0.25, 0.3) is 0 Å². The molecule has 0 aliphatic carbocycles. The molecule has 0 aromatic rings.